The number of carbonyl (C=O) groups excluding carboxylic acids is 2. The number of carbonyl (C=O) groups is 2. The molecule has 1 aromatic rings. The second kappa shape index (κ2) is 9.35. The summed E-state index contributed by atoms with van der Waals surface area (Å²) in [7, 11) is 0. The number of benzene rings is 1. The fourth-order valence-electron chi connectivity index (χ4n) is 3.14. The smallest absolute Gasteiger partial charge is 0.338 e. The van der Waals surface area contributed by atoms with E-state index in [4.69, 9.17) is 11.5 Å². The molecule has 0 bridgehead atoms. The Morgan fingerprint density at radius 3 is 2.40 bits per heavy atom. The first-order valence-corrected chi connectivity index (χ1v) is 9.55. The van der Waals surface area contributed by atoms with Gasteiger partial charge < -0.3 is 16.6 Å². The van der Waals surface area contributed by atoms with E-state index in [0.29, 0.717) is 18.0 Å². The van der Waals surface area contributed by atoms with Gasteiger partial charge in [-0.25, -0.2) is 9.80 Å². The van der Waals surface area contributed by atoms with Crippen molar-refractivity contribution in [2.75, 3.05) is 5.01 Å². The van der Waals surface area contributed by atoms with Crippen LogP contribution in [0.5, 0.6) is 0 Å². The van der Waals surface area contributed by atoms with Crippen LogP contribution in [0.1, 0.15) is 38.5 Å². The van der Waals surface area contributed by atoms with Crippen LogP contribution in [0.15, 0.2) is 24.3 Å². The van der Waals surface area contributed by atoms with E-state index in [1.54, 1.807) is 24.3 Å². The van der Waals surface area contributed by atoms with E-state index in [1.807, 2.05) is 0 Å². The van der Waals surface area contributed by atoms with Gasteiger partial charge in [0.2, 0.25) is 0 Å². The van der Waals surface area contributed by atoms with Crippen LogP contribution in [0, 0.1) is 9.49 Å². The fourth-order valence-corrected chi connectivity index (χ4v) is 3.50. The van der Waals surface area contributed by atoms with Gasteiger partial charge in [0.25, 0.3) is 5.91 Å². The van der Waals surface area contributed by atoms with Gasteiger partial charge in [-0.15, -0.1) is 0 Å². The summed E-state index contributed by atoms with van der Waals surface area (Å²) < 4.78 is 0.978. The molecule has 2 rings (SSSR count). The molecule has 7 nitrogen and oxygen atoms in total. The van der Waals surface area contributed by atoms with Gasteiger partial charge in [0.05, 0.1) is 5.69 Å². The number of amides is 3. The van der Waals surface area contributed by atoms with Crippen LogP contribution in [0.2, 0.25) is 0 Å². The lowest BCUT2D eigenvalue weighted by molar-refractivity contribution is -0.130. The summed E-state index contributed by atoms with van der Waals surface area (Å²) in [5.41, 5.74) is 14.1. The summed E-state index contributed by atoms with van der Waals surface area (Å²) in [6.45, 7) is 0. The van der Waals surface area contributed by atoms with E-state index in [2.05, 4.69) is 28.0 Å². The van der Waals surface area contributed by atoms with Crippen molar-refractivity contribution in [2.45, 2.75) is 50.7 Å². The van der Waals surface area contributed by atoms with Gasteiger partial charge in [-0.3, -0.25) is 10.2 Å². The highest BCUT2D eigenvalue weighted by atomic mass is 127. The van der Waals surface area contributed by atoms with Gasteiger partial charge in [-0.05, 0) is 59.2 Å². The summed E-state index contributed by atoms with van der Waals surface area (Å²) in [6.07, 6.45) is 4.93. The molecule has 1 unspecified atom stereocenters. The Kier molecular flexibility index (Phi) is 7.45. The first-order chi connectivity index (χ1) is 11.9. The minimum Gasteiger partial charge on any atom is -0.382 e. The number of rotatable bonds is 5. The highest BCUT2D eigenvalue weighted by molar-refractivity contribution is 14.1. The molecule has 138 valence electrons. The number of hydrogen-bond acceptors (Lipinski definition) is 4. The van der Waals surface area contributed by atoms with Gasteiger partial charge in [0.1, 0.15) is 6.10 Å². The number of nitrogens with zero attached hydrogens (tertiary/aromatic N) is 1. The lowest BCUT2D eigenvalue weighted by Crippen LogP contribution is -2.55. The molecule has 0 spiro atoms. The molecule has 0 radical (unpaired) electrons. The summed E-state index contributed by atoms with van der Waals surface area (Å²) >= 11 is 2.13. The molecular formula is C17H25IN4O3. The van der Waals surface area contributed by atoms with Crippen molar-refractivity contribution in [3.8, 4) is 0 Å². The van der Waals surface area contributed by atoms with Crippen molar-refractivity contribution >= 4 is 40.2 Å². The maximum absolute atomic E-state index is 12.3. The Balaban J connectivity index is 1.96. The predicted octanol–water partition coefficient (Wildman–Crippen LogP) is 1.87. The van der Waals surface area contributed by atoms with Crippen LogP contribution in [0.3, 0.4) is 0 Å². The Morgan fingerprint density at radius 1 is 1.24 bits per heavy atom. The van der Waals surface area contributed by atoms with Crippen LogP contribution < -0.4 is 21.9 Å². The van der Waals surface area contributed by atoms with Crippen molar-refractivity contribution in [1.82, 2.24) is 5.43 Å². The second-order valence-electron chi connectivity index (χ2n) is 6.47. The molecule has 3 amide bonds. The van der Waals surface area contributed by atoms with Gasteiger partial charge >= 0.3 is 6.03 Å². The highest BCUT2D eigenvalue weighted by Crippen LogP contribution is 2.27. The Hall–Kier alpha value is -1.39. The Bertz CT molecular complexity index is 590. The number of hydrogen-bond donors (Lipinski definition) is 4. The lowest BCUT2D eigenvalue weighted by Gasteiger charge is -2.28. The summed E-state index contributed by atoms with van der Waals surface area (Å²) in [4.78, 5) is 23.9. The first kappa shape index (κ1) is 19.9. The molecule has 1 aliphatic carbocycles. The monoisotopic (exact) mass is 460 g/mol. The maximum atomic E-state index is 12.3. The molecule has 0 aromatic heterocycles. The van der Waals surface area contributed by atoms with Crippen LogP contribution in [0.4, 0.5) is 10.5 Å². The van der Waals surface area contributed by atoms with E-state index in [-0.39, 0.29) is 0 Å². The van der Waals surface area contributed by atoms with Crippen LogP contribution in [0.25, 0.3) is 0 Å². The molecule has 6 N–H and O–H groups in total. The van der Waals surface area contributed by atoms with E-state index in [9.17, 15) is 14.7 Å². The van der Waals surface area contributed by atoms with Gasteiger partial charge in [-0.1, -0.05) is 32.1 Å². The molecule has 0 saturated heterocycles. The molecule has 1 aliphatic rings. The van der Waals surface area contributed by atoms with Crippen LogP contribution in [-0.2, 0) is 4.79 Å². The number of nitrogens with one attached hydrogen (secondary N) is 1. The van der Waals surface area contributed by atoms with Gasteiger partial charge in [-0.2, -0.15) is 0 Å². The first-order valence-electron chi connectivity index (χ1n) is 8.47. The van der Waals surface area contributed by atoms with Crippen molar-refractivity contribution in [2.24, 2.45) is 17.4 Å². The summed E-state index contributed by atoms with van der Waals surface area (Å²) in [6, 6.07) is 5.35. The number of aliphatic hydroxyl groups is 1. The van der Waals surface area contributed by atoms with Crippen LogP contribution in [-0.4, -0.2) is 29.2 Å². The van der Waals surface area contributed by atoms with Crippen molar-refractivity contribution in [3.05, 3.63) is 27.8 Å². The predicted molar refractivity (Wildman–Crippen MR) is 105 cm³/mol. The number of aliphatic hydroxyl groups excluding tert-OH is 1. The quantitative estimate of drug-likeness (QED) is 0.396. The van der Waals surface area contributed by atoms with E-state index in [0.717, 1.165) is 21.4 Å². The lowest BCUT2D eigenvalue weighted by atomic mass is 9.84. The molecule has 8 heteroatoms. The summed E-state index contributed by atoms with van der Waals surface area (Å²) in [5, 5.41) is 11.1. The number of primary amides is 1. The number of nitrogens with two attached hydrogens (primary N) is 2. The van der Waals surface area contributed by atoms with Crippen molar-refractivity contribution in [1.29, 1.82) is 0 Å². The number of anilines is 1. The zero-order valence-corrected chi connectivity index (χ0v) is 16.2. The molecule has 0 aliphatic heterocycles. The molecule has 1 saturated carbocycles. The Labute approximate surface area is 161 Å². The summed E-state index contributed by atoms with van der Waals surface area (Å²) in [5.74, 6) is -0.296. The second-order valence-corrected chi connectivity index (χ2v) is 7.72. The third-order valence-corrected chi connectivity index (χ3v) is 5.25. The van der Waals surface area contributed by atoms with E-state index in [1.165, 1.54) is 19.3 Å². The largest absolute Gasteiger partial charge is 0.382 e. The third kappa shape index (κ3) is 5.82. The minimum absolute atomic E-state index is 0.411. The zero-order chi connectivity index (χ0) is 18.4. The molecule has 2 atom stereocenters. The Morgan fingerprint density at radius 2 is 1.84 bits per heavy atom. The van der Waals surface area contributed by atoms with Crippen LogP contribution >= 0.6 is 22.6 Å². The number of hydrazine groups is 1. The topological polar surface area (TPSA) is 122 Å². The van der Waals surface area contributed by atoms with Crippen molar-refractivity contribution in [3.63, 3.8) is 0 Å². The maximum Gasteiger partial charge on any atom is 0.338 e. The van der Waals surface area contributed by atoms with Gasteiger partial charge in [0, 0.05) is 9.61 Å². The van der Waals surface area contributed by atoms with Gasteiger partial charge in [0.15, 0.2) is 0 Å². The van der Waals surface area contributed by atoms with E-state index < -0.39 is 24.1 Å². The average Bonchev–Trinajstić information content (AvgIpc) is 2.60. The fraction of sp³-hybridized carbons (Fsp3) is 0.529. The molecule has 1 aromatic carbocycles. The van der Waals surface area contributed by atoms with Crippen molar-refractivity contribution < 1.29 is 14.7 Å². The molecular weight excluding hydrogens is 435 g/mol. The highest BCUT2D eigenvalue weighted by Gasteiger charge is 2.28. The standard InChI is InChI=1S/C17H25IN4O3/c18-12-6-8-13(9-7-12)22(17(20)25)21-16(24)15(23)14(19)10-11-4-2-1-3-5-11/h6-9,11,14-15,23H,1-5,10,19H2,(H2,20,25)(H,21,24)/t14-,15?/m1/s1. The third-order valence-electron chi connectivity index (χ3n) is 4.53. The number of halogens is 1. The molecule has 1 fully saturated rings. The molecule has 25 heavy (non-hydrogen) atoms. The SMILES string of the molecule is NC(=O)N(NC(=O)C(O)[C@H](N)CC1CCCCC1)c1ccc(I)cc1. The average molecular weight is 460 g/mol. The zero-order valence-electron chi connectivity index (χ0n) is 14.0. The normalized spacial score (nSPS) is 17.6. The van der Waals surface area contributed by atoms with E-state index >= 15 is 0 Å². The number of urea groups is 1. The molecule has 0 heterocycles. The minimum atomic E-state index is -1.40.